The van der Waals surface area contributed by atoms with E-state index in [1.54, 1.807) is 41.4 Å². The second-order valence-corrected chi connectivity index (χ2v) is 11.7. The highest BCUT2D eigenvalue weighted by Gasteiger charge is 2.28. The number of nitrogens with one attached hydrogen (secondary N) is 1. The van der Waals surface area contributed by atoms with Gasteiger partial charge in [-0.2, -0.15) is 0 Å². The molecule has 0 radical (unpaired) electrons. The van der Waals surface area contributed by atoms with Crippen LogP contribution in [0.4, 0.5) is 10.6 Å². The number of pyridine rings is 1. The SMILES string of the molecule is CC(C)(C)OC(=O)N1CCC(CC(=O)Nc2cc(Oc3ccc(CC(=O)Cc4ccccc4)c(Cl)c3)ccn2)CC1. The van der Waals surface area contributed by atoms with Crippen LogP contribution in [0.5, 0.6) is 11.5 Å². The quantitative estimate of drug-likeness (QED) is 0.298. The second kappa shape index (κ2) is 13.6. The third-order valence-corrected chi connectivity index (χ3v) is 6.98. The van der Waals surface area contributed by atoms with Gasteiger partial charge in [-0.25, -0.2) is 9.78 Å². The van der Waals surface area contributed by atoms with Gasteiger partial charge in [-0.3, -0.25) is 9.59 Å². The molecule has 1 saturated heterocycles. The highest BCUT2D eigenvalue weighted by Crippen LogP contribution is 2.29. The number of piperidine rings is 1. The van der Waals surface area contributed by atoms with Crippen LogP contribution in [-0.4, -0.2) is 46.4 Å². The number of aromatic nitrogens is 1. The maximum Gasteiger partial charge on any atom is 0.410 e. The molecule has 0 bridgehead atoms. The van der Waals surface area contributed by atoms with Crippen LogP contribution in [0.2, 0.25) is 5.02 Å². The van der Waals surface area contributed by atoms with Gasteiger partial charge in [0.15, 0.2) is 0 Å². The predicted molar refractivity (Wildman–Crippen MR) is 158 cm³/mol. The number of rotatable bonds is 9. The van der Waals surface area contributed by atoms with E-state index in [0.717, 1.165) is 24.0 Å². The maximum absolute atomic E-state index is 12.7. The molecule has 9 heteroatoms. The number of anilines is 1. The Morgan fingerprint density at radius 3 is 2.37 bits per heavy atom. The van der Waals surface area contributed by atoms with E-state index in [0.29, 0.717) is 48.3 Å². The summed E-state index contributed by atoms with van der Waals surface area (Å²) in [5, 5.41) is 3.29. The average Bonchev–Trinajstić information content (AvgIpc) is 2.90. The van der Waals surface area contributed by atoms with Crippen molar-refractivity contribution >= 4 is 35.2 Å². The molecule has 3 aromatic rings. The van der Waals surface area contributed by atoms with Crippen molar-refractivity contribution in [2.24, 2.45) is 5.92 Å². The molecule has 4 rings (SSSR count). The molecule has 0 saturated carbocycles. The molecule has 1 aliphatic rings. The van der Waals surface area contributed by atoms with Crippen LogP contribution < -0.4 is 10.1 Å². The number of likely N-dealkylation sites (tertiary alicyclic amines) is 1. The summed E-state index contributed by atoms with van der Waals surface area (Å²) in [7, 11) is 0. The minimum atomic E-state index is -0.530. The number of hydrogen-bond acceptors (Lipinski definition) is 6. The van der Waals surface area contributed by atoms with Crippen molar-refractivity contribution in [3.63, 3.8) is 0 Å². The van der Waals surface area contributed by atoms with Crippen LogP contribution in [0, 0.1) is 5.92 Å². The zero-order valence-corrected chi connectivity index (χ0v) is 24.4. The van der Waals surface area contributed by atoms with Crippen molar-refractivity contribution < 1.29 is 23.9 Å². The number of nitrogens with zero attached hydrogens (tertiary/aromatic N) is 2. The molecule has 1 N–H and O–H groups in total. The van der Waals surface area contributed by atoms with Gasteiger partial charge in [0.1, 0.15) is 28.7 Å². The molecule has 0 spiro atoms. The van der Waals surface area contributed by atoms with E-state index >= 15 is 0 Å². The van der Waals surface area contributed by atoms with Gasteiger partial charge in [0, 0.05) is 49.6 Å². The first-order valence-corrected chi connectivity index (χ1v) is 14.2. The van der Waals surface area contributed by atoms with Gasteiger partial charge in [-0.05, 0) is 68.9 Å². The van der Waals surface area contributed by atoms with Crippen molar-refractivity contribution in [1.82, 2.24) is 9.88 Å². The molecule has 0 atom stereocenters. The fraction of sp³-hybridized carbons (Fsp3) is 0.375. The highest BCUT2D eigenvalue weighted by molar-refractivity contribution is 6.31. The number of ether oxygens (including phenoxy) is 2. The van der Waals surface area contributed by atoms with Gasteiger partial charge in [0.25, 0.3) is 0 Å². The summed E-state index contributed by atoms with van der Waals surface area (Å²) in [6.45, 7) is 6.67. The molecule has 1 aliphatic heterocycles. The zero-order chi connectivity index (χ0) is 29.4. The van der Waals surface area contributed by atoms with E-state index in [1.165, 1.54) is 0 Å². The summed E-state index contributed by atoms with van der Waals surface area (Å²) in [6, 6.07) is 18.2. The number of benzene rings is 2. The van der Waals surface area contributed by atoms with Crippen LogP contribution in [0.25, 0.3) is 0 Å². The first-order valence-electron chi connectivity index (χ1n) is 13.8. The van der Waals surface area contributed by atoms with E-state index < -0.39 is 5.60 Å². The van der Waals surface area contributed by atoms with Crippen LogP contribution in [0.3, 0.4) is 0 Å². The average molecular weight is 578 g/mol. The number of carbonyl (C=O) groups excluding carboxylic acids is 3. The van der Waals surface area contributed by atoms with E-state index in [4.69, 9.17) is 21.1 Å². The fourth-order valence-electron chi connectivity index (χ4n) is 4.61. The van der Waals surface area contributed by atoms with E-state index in [1.807, 2.05) is 51.1 Å². The van der Waals surface area contributed by atoms with Gasteiger partial charge in [0.05, 0.1) is 0 Å². The molecule has 8 nitrogen and oxygen atoms in total. The first kappa shape index (κ1) is 30.1. The standard InChI is InChI=1S/C32H36ClN3O5/c1-32(2,3)41-31(39)36-15-12-23(13-16-36)18-30(38)35-29-21-27(11-14-34-29)40-26-10-9-24(28(33)20-26)19-25(37)17-22-7-5-4-6-8-22/h4-11,14,20-21,23H,12-13,15-19H2,1-3H3,(H,34,35,38). The second-order valence-electron chi connectivity index (χ2n) is 11.3. The van der Waals surface area contributed by atoms with Crippen LogP contribution >= 0.6 is 11.6 Å². The summed E-state index contributed by atoms with van der Waals surface area (Å²) >= 11 is 6.46. The molecule has 41 heavy (non-hydrogen) atoms. The summed E-state index contributed by atoms with van der Waals surface area (Å²) in [5.74, 6) is 1.49. The molecule has 2 heterocycles. The Hall–Kier alpha value is -3.91. The van der Waals surface area contributed by atoms with E-state index in [2.05, 4.69) is 10.3 Å². The molecular formula is C32H36ClN3O5. The lowest BCUT2D eigenvalue weighted by molar-refractivity contribution is -0.118. The minimum Gasteiger partial charge on any atom is -0.457 e. The lowest BCUT2D eigenvalue weighted by Gasteiger charge is -2.33. The van der Waals surface area contributed by atoms with Gasteiger partial charge in [0.2, 0.25) is 5.91 Å². The normalized spacial score (nSPS) is 13.9. The fourth-order valence-corrected chi connectivity index (χ4v) is 4.85. The third kappa shape index (κ3) is 9.60. The van der Waals surface area contributed by atoms with Crippen molar-refractivity contribution in [2.45, 2.75) is 58.5 Å². The van der Waals surface area contributed by atoms with E-state index in [9.17, 15) is 14.4 Å². The van der Waals surface area contributed by atoms with Crippen molar-refractivity contribution in [1.29, 1.82) is 0 Å². The predicted octanol–water partition coefficient (Wildman–Crippen LogP) is 6.86. The summed E-state index contributed by atoms with van der Waals surface area (Å²) in [6.07, 6.45) is 3.65. The number of amides is 2. The topological polar surface area (TPSA) is 97.8 Å². The molecule has 2 aromatic carbocycles. The maximum atomic E-state index is 12.7. The van der Waals surface area contributed by atoms with Gasteiger partial charge in [-0.1, -0.05) is 48.0 Å². The summed E-state index contributed by atoms with van der Waals surface area (Å²) in [4.78, 5) is 43.4. The number of ketones is 1. The Morgan fingerprint density at radius 2 is 1.68 bits per heavy atom. The van der Waals surface area contributed by atoms with E-state index in [-0.39, 0.29) is 30.1 Å². The third-order valence-electron chi connectivity index (χ3n) is 6.63. The Bertz CT molecular complexity index is 1370. The monoisotopic (exact) mass is 577 g/mol. The molecule has 2 amide bonds. The zero-order valence-electron chi connectivity index (χ0n) is 23.7. The van der Waals surface area contributed by atoms with Crippen LogP contribution in [0.15, 0.2) is 66.9 Å². The Balaban J connectivity index is 1.26. The lowest BCUT2D eigenvalue weighted by Crippen LogP contribution is -2.42. The van der Waals surface area contributed by atoms with Gasteiger partial charge < -0.3 is 19.7 Å². The number of Topliss-reactive ketones (excluding diaryl/α,β-unsaturated/α-hetero) is 1. The molecule has 216 valence electrons. The Labute approximate surface area is 246 Å². The largest absolute Gasteiger partial charge is 0.457 e. The smallest absolute Gasteiger partial charge is 0.410 e. The molecule has 1 aromatic heterocycles. The van der Waals surface area contributed by atoms with Crippen molar-refractivity contribution in [3.8, 4) is 11.5 Å². The molecular weight excluding hydrogens is 542 g/mol. The van der Waals surface area contributed by atoms with Crippen LogP contribution in [-0.2, 0) is 27.2 Å². The van der Waals surface area contributed by atoms with Crippen molar-refractivity contribution in [3.05, 3.63) is 83.0 Å². The van der Waals surface area contributed by atoms with Crippen molar-refractivity contribution in [2.75, 3.05) is 18.4 Å². The molecule has 0 unspecified atom stereocenters. The van der Waals surface area contributed by atoms with Crippen LogP contribution in [0.1, 0.15) is 51.2 Å². The number of hydrogen-bond donors (Lipinski definition) is 1. The van der Waals surface area contributed by atoms with Gasteiger partial charge in [-0.15, -0.1) is 0 Å². The summed E-state index contributed by atoms with van der Waals surface area (Å²) in [5.41, 5.74) is 1.18. The number of halogens is 1. The molecule has 1 fully saturated rings. The highest BCUT2D eigenvalue weighted by atomic mass is 35.5. The minimum absolute atomic E-state index is 0.0786. The Kier molecular flexibility index (Phi) is 10.00. The summed E-state index contributed by atoms with van der Waals surface area (Å²) < 4.78 is 11.4. The molecule has 0 aliphatic carbocycles. The Morgan fingerprint density at radius 1 is 0.976 bits per heavy atom. The first-order chi connectivity index (χ1) is 19.5. The number of carbonyl (C=O) groups is 3. The van der Waals surface area contributed by atoms with Gasteiger partial charge >= 0.3 is 6.09 Å². The lowest BCUT2D eigenvalue weighted by atomic mass is 9.93.